The molecule has 3 unspecified atom stereocenters. The minimum Gasteiger partial charge on any atom is -0.380 e. The normalized spacial score (nSPS) is 25.5. The van der Waals surface area contributed by atoms with Gasteiger partial charge in [0.2, 0.25) is 0 Å². The molecule has 1 amide bonds. The molecular formula is C31H38F3N7O3. The first-order valence-electron chi connectivity index (χ1n) is 15.0. The number of ether oxygens (including phenoxy) is 1. The summed E-state index contributed by atoms with van der Waals surface area (Å²) in [7, 11) is 2.03. The van der Waals surface area contributed by atoms with Crippen LogP contribution in [0.5, 0.6) is 0 Å². The maximum absolute atomic E-state index is 12.5. The van der Waals surface area contributed by atoms with Crippen LogP contribution < -0.4 is 10.6 Å². The van der Waals surface area contributed by atoms with Crippen molar-refractivity contribution in [2.45, 2.75) is 74.8 Å². The van der Waals surface area contributed by atoms with E-state index in [-0.39, 0.29) is 24.2 Å². The van der Waals surface area contributed by atoms with Gasteiger partial charge in [-0.05, 0) is 49.3 Å². The highest BCUT2D eigenvalue weighted by atomic mass is 19.4. The number of aromatic nitrogens is 3. The van der Waals surface area contributed by atoms with Crippen molar-refractivity contribution in [1.29, 1.82) is 0 Å². The van der Waals surface area contributed by atoms with E-state index in [1.54, 1.807) is 27.9 Å². The molecule has 2 aliphatic heterocycles. The lowest BCUT2D eigenvalue weighted by atomic mass is 10.00. The zero-order valence-electron chi connectivity index (χ0n) is 24.6. The zero-order valence-corrected chi connectivity index (χ0v) is 24.6. The second kappa shape index (κ2) is 12.1. The largest absolute Gasteiger partial charge is 0.401 e. The minimum absolute atomic E-state index is 0.0392. The molecule has 2 aromatic heterocycles. The highest BCUT2D eigenvalue weighted by Crippen LogP contribution is 2.37. The number of piperidine rings is 1. The first-order valence-corrected chi connectivity index (χ1v) is 15.0. The third-order valence-corrected chi connectivity index (χ3v) is 8.76. The van der Waals surface area contributed by atoms with Gasteiger partial charge in [-0.3, -0.25) is 15.4 Å². The second-order valence-electron chi connectivity index (χ2n) is 12.0. The molecule has 1 saturated carbocycles. The molecule has 3 N–H and O–H groups in total. The van der Waals surface area contributed by atoms with Crippen molar-refractivity contribution in [1.82, 2.24) is 35.0 Å². The smallest absolute Gasteiger partial charge is 0.380 e. The monoisotopic (exact) mass is 613 g/mol. The Balaban J connectivity index is 1.07. The predicted molar refractivity (Wildman–Crippen MR) is 159 cm³/mol. The van der Waals surface area contributed by atoms with E-state index in [9.17, 15) is 23.1 Å². The lowest BCUT2D eigenvalue weighted by Gasteiger charge is -2.39. The molecule has 6 rings (SSSR count). The van der Waals surface area contributed by atoms with Crippen LogP contribution in [0, 0.1) is 0 Å². The van der Waals surface area contributed by atoms with Gasteiger partial charge >= 0.3 is 6.18 Å². The van der Waals surface area contributed by atoms with E-state index in [2.05, 4.69) is 44.5 Å². The topological polar surface area (TPSA) is 107 Å². The number of nitrogens with zero attached hydrogens (tertiary/aromatic N) is 5. The van der Waals surface area contributed by atoms with E-state index in [1.165, 1.54) is 0 Å². The molecule has 10 nitrogen and oxygen atoms in total. The number of rotatable bonds is 10. The van der Waals surface area contributed by atoms with Crippen LogP contribution in [0.4, 0.5) is 13.2 Å². The zero-order chi connectivity index (χ0) is 31.1. The summed E-state index contributed by atoms with van der Waals surface area (Å²) in [6.07, 6.45) is 12.3. The molecule has 0 spiro atoms. The van der Waals surface area contributed by atoms with Crippen LogP contribution in [0.15, 0.2) is 55.5 Å². The predicted octanol–water partition coefficient (Wildman–Crippen LogP) is 3.23. The van der Waals surface area contributed by atoms with Gasteiger partial charge in [-0.1, -0.05) is 30.9 Å². The van der Waals surface area contributed by atoms with E-state index >= 15 is 0 Å². The molecule has 0 bridgehead atoms. The Hall–Kier alpha value is -3.52. The van der Waals surface area contributed by atoms with Crippen molar-refractivity contribution >= 4 is 22.7 Å². The average Bonchev–Trinajstić information content (AvgIpc) is 3.60. The van der Waals surface area contributed by atoms with Crippen LogP contribution in [-0.4, -0.2) is 98.4 Å². The Kier molecular flexibility index (Phi) is 8.40. The van der Waals surface area contributed by atoms with Gasteiger partial charge in [0.25, 0.3) is 5.91 Å². The van der Waals surface area contributed by atoms with Gasteiger partial charge < -0.3 is 19.6 Å². The maximum atomic E-state index is 12.5. The molecular weight excluding hydrogens is 575 g/mol. The van der Waals surface area contributed by atoms with Gasteiger partial charge in [0.1, 0.15) is 18.1 Å². The van der Waals surface area contributed by atoms with Gasteiger partial charge in [-0.15, -0.1) is 0 Å². The Labute approximate surface area is 253 Å². The van der Waals surface area contributed by atoms with E-state index in [0.29, 0.717) is 38.0 Å². The summed E-state index contributed by atoms with van der Waals surface area (Å²) >= 11 is 0. The van der Waals surface area contributed by atoms with Crippen LogP contribution in [-0.2, 0) is 9.53 Å². The van der Waals surface area contributed by atoms with Gasteiger partial charge in [0, 0.05) is 50.4 Å². The minimum atomic E-state index is -4.26. The lowest BCUT2D eigenvalue weighted by Crippen LogP contribution is -2.56. The molecule has 13 heteroatoms. The summed E-state index contributed by atoms with van der Waals surface area (Å²) in [5, 5.41) is 20.6. The van der Waals surface area contributed by atoms with Crippen LogP contribution in [0.1, 0.15) is 49.8 Å². The number of nitrogens with one attached hydrogen (secondary N) is 2. The van der Waals surface area contributed by atoms with Crippen LogP contribution in [0.2, 0.25) is 0 Å². The molecule has 0 radical (unpaired) electrons. The highest BCUT2D eigenvalue weighted by Gasteiger charge is 2.50. The SMILES string of the molecule is C=CC(=CN(C)C1CCN(C(=O)C2(O)CC2)CC1)c1cnn2c(C3=CC(NC4CC(NCC(F)(F)F)O4)CC=C3)cnc2c1. The summed E-state index contributed by atoms with van der Waals surface area (Å²) in [6.45, 7) is 4.20. The fourth-order valence-corrected chi connectivity index (χ4v) is 5.96. The maximum Gasteiger partial charge on any atom is 0.401 e. The van der Waals surface area contributed by atoms with Crippen LogP contribution in [0.3, 0.4) is 0 Å². The van der Waals surface area contributed by atoms with E-state index in [1.807, 2.05) is 25.3 Å². The first kappa shape index (κ1) is 30.5. The van der Waals surface area contributed by atoms with Gasteiger partial charge in [0.15, 0.2) is 5.65 Å². The Morgan fingerprint density at radius 3 is 2.70 bits per heavy atom. The third kappa shape index (κ3) is 6.75. The second-order valence-corrected chi connectivity index (χ2v) is 12.0. The molecule has 0 aromatic carbocycles. The number of carbonyl (C=O) groups excluding carboxylic acids is 1. The summed E-state index contributed by atoms with van der Waals surface area (Å²) < 4.78 is 44.5. The number of fused-ring (bicyclic) bond motifs is 1. The van der Waals surface area contributed by atoms with Crippen molar-refractivity contribution in [3.8, 4) is 0 Å². The summed E-state index contributed by atoms with van der Waals surface area (Å²) in [4.78, 5) is 21.0. The molecule has 44 heavy (non-hydrogen) atoms. The summed E-state index contributed by atoms with van der Waals surface area (Å²) in [5.74, 6) is -0.132. The number of aliphatic hydroxyl groups is 1. The Bertz CT molecular complexity index is 1480. The molecule has 2 aromatic rings. The lowest BCUT2D eigenvalue weighted by molar-refractivity contribution is -0.181. The number of imidazole rings is 1. The Morgan fingerprint density at radius 1 is 1.27 bits per heavy atom. The van der Waals surface area contributed by atoms with E-state index < -0.39 is 24.6 Å². The number of carbonyl (C=O) groups is 1. The van der Waals surface area contributed by atoms with Crippen molar-refractivity contribution in [2.75, 3.05) is 26.7 Å². The number of halogens is 3. The van der Waals surface area contributed by atoms with Gasteiger partial charge in [-0.25, -0.2) is 9.50 Å². The number of amides is 1. The number of alkyl halides is 3. The van der Waals surface area contributed by atoms with Crippen LogP contribution >= 0.6 is 0 Å². The number of likely N-dealkylation sites (tertiary alicyclic amines) is 1. The first-order chi connectivity index (χ1) is 21.0. The fourth-order valence-electron chi connectivity index (χ4n) is 5.96. The molecule has 2 aliphatic carbocycles. The van der Waals surface area contributed by atoms with Crippen molar-refractivity contribution in [3.63, 3.8) is 0 Å². The van der Waals surface area contributed by atoms with Crippen molar-refractivity contribution in [2.24, 2.45) is 0 Å². The standard InChI is InChI=1S/C31H38F3N7O3/c1-3-20(18-39(2)24-7-11-40(12-8-24)29(42)30(43)9-10-30)22-14-26-35-17-25(41(26)37-16-22)21-5-4-6-23(13-21)38-28-15-27(44-28)36-19-31(32,33)34/h3-5,13-14,16-18,23-24,27-28,36,38,43H,1,6-12,15,19H2,2H3. The van der Waals surface area contributed by atoms with Crippen LogP contribution in [0.25, 0.3) is 16.8 Å². The molecule has 3 fully saturated rings. The van der Waals surface area contributed by atoms with E-state index in [4.69, 9.17) is 4.74 Å². The molecule has 4 aliphatic rings. The average molecular weight is 614 g/mol. The van der Waals surface area contributed by atoms with Crippen molar-refractivity contribution in [3.05, 3.63) is 66.8 Å². The number of allylic oxidation sites excluding steroid dienone is 4. The van der Waals surface area contributed by atoms with E-state index in [0.717, 1.165) is 41.7 Å². The molecule has 4 heterocycles. The van der Waals surface area contributed by atoms with Gasteiger partial charge in [-0.2, -0.15) is 18.3 Å². The Morgan fingerprint density at radius 2 is 2.02 bits per heavy atom. The molecule has 2 saturated heterocycles. The quantitative estimate of drug-likeness (QED) is 0.351. The van der Waals surface area contributed by atoms with Crippen molar-refractivity contribution < 1.29 is 27.8 Å². The number of hydrogen-bond donors (Lipinski definition) is 3. The molecule has 236 valence electrons. The number of hydrogen-bond acceptors (Lipinski definition) is 8. The fraction of sp³-hybridized carbons (Fsp3) is 0.516. The highest BCUT2D eigenvalue weighted by molar-refractivity contribution is 5.88. The van der Waals surface area contributed by atoms with Gasteiger partial charge in [0.05, 0.1) is 24.6 Å². The summed E-state index contributed by atoms with van der Waals surface area (Å²) in [6, 6.07) is 2.19. The molecule has 3 atom stereocenters. The third-order valence-electron chi connectivity index (χ3n) is 8.76. The summed E-state index contributed by atoms with van der Waals surface area (Å²) in [5.41, 5.74) is 3.11.